The van der Waals surface area contributed by atoms with Gasteiger partial charge in [-0.15, -0.1) is 0 Å². The molecule has 4 rings (SSSR count). The summed E-state index contributed by atoms with van der Waals surface area (Å²) in [4.78, 5) is 27.0. The van der Waals surface area contributed by atoms with Gasteiger partial charge in [0, 0.05) is 11.5 Å². The number of carbonyl (C=O) groups excluding carboxylic acids is 2. The highest BCUT2D eigenvalue weighted by Crippen LogP contribution is 2.44. The molecule has 0 aromatic heterocycles. The third-order valence-corrected chi connectivity index (χ3v) is 5.78. The summed E-state index contributed by atoms with van der Waals surface area (Å²) in [5.41, 5.74) is 2.93. The highest BCUT2D eigenvalue weighted by molar-refractivity contribution is 6.21. The highest BCUT2D eigenvalue weighted by atomic mass is 16.5. The Morgan fingerprint density at radius 3 is 2.13 bits per heavy atom. The zero-order chi connectivity index (χ0) is 21.8. The largest absolute Gasteiger partial charge is 0.497 e. The lowest BCUT2D eigenvalue weighted by atomic mass is 9.68. The number of nitriles is 1. The number of carbonyl (C=O) groups is 2. The normalized spacial score (nSPS) is 18.4. The van der Waals surface area contributed by atoms with Crippen LogP contribution in [0.4, 0.5) is 0 Å². The van der Waals surface area contributed by atoms with Gasteiger partial charge in [0.25, 0.3) is 0 Å². The summed E-state index contributed by atoms with van der Waals surface area (Å²) in [5, 5.41) is 9.83. The molecule has 1 aliphatic rings. The van der Waals surface area contributed by atoms with Crippen LogP contribution in [-0.4, -0.2) is 18.7 Å². The van der Waals surface area contributed by atoms with Crippen molar-refractivity contribution in [3.05, 3.63) is 107 Å². The van der Waals surface area contributed by atoms with Crippen LogP contribution in [0.3, 0.4) is 0 Å². The number of ketones is 2. The van der Waals surface area contributed by atoms with Gasteiger partial charge in [-0.05, 0) is 35.3 Å². The molecule has 31 heavy (non-hydrogen) atoms. The molecule has 152 valence electrons. The summed E-state index contributed by atoms with van der Waals surface area (Å²) >= 11 is 0. The molecule has 0 saturated carbocycles. The maximum absolute atomic E-state index is 13.5. The topological polar surface area (TPSA) is 67.2 Å². The Kier molecular flexibility index (Phi) is 5.77. The van der Waals surface area contributed by atoms with Crippen LogP contribution in [-0.2, 0) is 4.79 Å². The third-order valence-electron chi connectivity index (χ3n) is 5.78. The number of nitrogens with zero attached hydrogens (tertiary/aromatic N) is 1. The summed E-state index contributed by atoms with van der Waals surface area (Å²) in [5.74, 6) is -1.29. The Morgan fingerprint density at radius 2 is 1.55 bits per heavy atom. The molecule has 4 heteroatoms. The van der Waals surface area contributed by atoms with E-state index in [0.29, 0.717) is 23.3 Å². The number of hydrogen-bond acceptors (Lipinski definition) is 4. The van der Waals surface area contributed by atoms with E-state index in [4.69, 9.17) is 4.74 Å². The lowest BCUT2D eigenvalue weighted by Crippen LogP contribution is -2.35. The van der Waals surface area contributed by atoms with E-state index in [1.54, 1.807) is 31.4 Å². The standard InChI is InChI=1S/C27H21NO3/c1-31-21-14-12-19(13-15-21)23-16-22(18-8-4-2-5-9-18)24(17-28)27(30)25(23)26(29)20-10-6-3-7-11-20/h2-15,23,25H,16H2,1H3/t23-,25+/m0/s1. The summed E-state index contributed by atoms with van der Waals surface area (Å²) in [7, 11) is 1.59. The molecule has 0 aliphatic heterocycles. The maximum Gasteiger partial charge on any atom is 0.185 e. The van der Waals surface area contributed by atoms with Crippen LogP contribution < -0.4 is 4.74 Å². The second-order valence-electron chi connectivity index (χ2n) is 7.49. The molecule has 0 heterocycles. The molecule has 0 bridgehead atoms. The van der Waals surface area contributed by atoms with Gasteiger partial charge in [0.1, 0.15) is 11.8 Å². The average Bonchev–Trinajstić information content (AvgIpc) is 2.84. The van der Waals surface area contributed by atoms with Gasteiger partial charge in [0.15, 0.2) is 11.6 Å². The van der Waals surface area contributed by atoms with E-state index in [0.717, 1.165) is 11.1 Å². The van der Waals surface area contributed by atoms with Gasteiger partial charge in [-0.3, -0.25) is 9.59 Å². The van der Waals surface area contributed by atoms with Crippen LogP contribution in [0.1, 0.15) is 33.8 Å². The summed E-state index contributed by atoms with van der Waals surface area (Å²) in [6, 6.07) is 27.8. The minimum Gasteiger partial charge on any atom is -0.497 e. The lowest BCUT2D eigenvalue weighted by Gasteiger charge is -2.31. The van der Waals surface area contributed by atoms with Crippen molar-refractivity contribution in [1.82, 2.24) is 0 Å². The number of hydrogen-bond donors (Lipinski definition) is 0. The average molecular weight is 407 g/mol. The van der Waals surface area contributed by atoms with Crippen molar-refractivity contribution < 1.29 is 14.3 Å². The number of allylic oxidation sites excluding steroid dienone is 2. The second-order valence-corrected chi connectivity index (χ2v) is 7.49. The molecule has 0 unspecified atom stereocenters. The second kappa shape index (κ2) is 8.81. The predicted molar refractivity (Wildman–Crippen MR) is 119 cm³/mol. The number of Topliss-reactive ketones (excluding diaryl/α,β-unsaturated/α-hetero) is 2. The van der Waals surface area contributed by atoms with E-state index < -0.39 is 11.7 Å². The Labute approximate surface area is 181 Å². The van der Waals surface area contributed by atoms with E-state index in [1.165, 1.54) is 0 Å². The van der Waals surface area contributed by atoms with Crippen LogP contribution in [0.25, 0.3) is 5.57 Å². The molecule has 0 radical (unpaired) electrons. The summed E-state index contributed by atoms with van der Waals surface area (Å²) < 4.78 is 5.26. The summed E-state index contributed by atoms with van der Waals surface area (Å²) in [6.45, 7) is 0. The number of ether oxygens (including phenoxy) is 1. The van der Waals surface area contributed by atoms with Crippen molar-refractivity contribution in [2.75, 3.05) is 7.11 Å². The predicted octanol–water partition coefficient (Wildman–Crippen LogP) is 5.23. The Hall–Kier alpha value is -3.97. The van der Waals surface area contributed by atoms with Crippen LogP contribution in [0.5, 0.6) is 5.75 Å². The van der Waals surface area contributed by atoms with Gasteiger partial charge in [0.05, 0.1) is 18.6 Å². The van der Waals surface area contributed by atoms with Gasteiger partial charge < -0.3 is 4.74 Å². The van der Waals surface area contributed by atoms with Gasteiger partial charge >= 0.3 is 0 Å². The first-order valence-corrected chi connectivity index (χ1v) is 10.1. The minimum atomic E-state index is -0.946. The van der Waals surface area contributed by atoms with Crippen LogP contribution >= 0.6 is 0 Å². The van der Waals surface area contributed by atoms with Crippen molar-refractivity contribution in [3.63, 3.8) is 0 Å². The Bertz CT molecular complexity index is 1170. The number of benzene rings is 3. The minimum absolute atomic E-state index is 0.0743. The first-order chi connectivity index (χ1) is 15.1. The molecule has 0 spiro atoms. The van der Waals surface area contributed by atoms with Crippen LogP contribution in [0.15, 0.2) is 90.5 Å². The smallest absolute Gasteiger partial charge is 0.185 e. The van der Waals surface area contributed by atoms with Gasteiger partial charge in [0.2, 0.25) is 0 Å². The first-order valence-electron chi connectivity index (χ1n) is 10.1. The van der Waals surface area contributed by atoms with Crippen molar-refractivity contribution >= 4 is 17.1 Å². The SMILES string of the molecule is COc1ccc([C@@H]2CC(c3ccccc3)=C(C#N)C(=O)[C@H]2C(=O)c2ccccc2)cc1. The molecule has 0 amide bonds. The van der Waals surface area contributed by atoms with Crippen molar-refractivity contribution in [2.24, 2.45) is 5.92 Å². The van der Waals surface area contributed by atoms with E-state index in [-0.39, 0.29) is 17.3 Å². The third kappa shape index (κ3) is 3.91. The van der Waals surface area contributed by atoms with E-state index in [2.05, 4.69) is 6.07 Å². The molecule has 1 aliphatic carbocycles. The van der Waals surface area contributed by atoms with Crippen molar-refractivity contribution in [2.45, 2.75) is 12.3 Å². The van der Waals surface area contributed by atoms with Gasteiger partial charge in [-0.25, -0.2) is 0 Å². The number of methoxy groups -OCH3 is 1. The van der Waals surface area contributed by atoms with Crippen LogP contribution in [0.2, 0.25) is 0 Å². The zero-order valence-electron chi connectivity index (χ0n) is 17.1. The monoisotopic (exact) mass is 407 g/mol. The molecule has 0 saturated heterocycles. The number of rotatable bonds is 5. The van der Waals surface area contributed by atoms with Crippen molar-refractivity contribution in [3.8, 4) is 11.8 Å². The van der Waals surface area contributed by atoms with Crippen LogP contribution in [0, 0.1) is 17.2 Å². The van der Waals surface area contributed by atoms with Gasteiger partial charge in [-0.1, -0.05) is 72.8 Å². The molecule has 3 aromatic rings. The fraction of sp³-hybridized carbons (Fsp3) is 0.148. The molecule has 0 N–H and O–H groups in total. The fourth-order valence-electron chi connectivity index (χ4n) is 4.20. The first kappa shape index (κ1) is 20.3. The molecular formula is C27H21NO3. The lowest BCUT2D eigenvalue weighted by molar-refractivity contribution is -0.118. The Balaban J connectivity index is 1.86. The van der Waals surface area contributed by atoms with Crippen molar-refractivity contribution in [1.29, 1.82) is 5.26 Å². The van der Waals surface area contributed by atoms with Gasteiger partial charge in [-0.2, -0.15) is 5.26 Å². The quantitative estimate of drug-likeness (QED) is 0.429. The maximum atomic E-state index is 13.5. The molecular weight excluding hydrogens is 386 g/mol. The molecule has 3 aromatic carbocycles. The molecule has 4 nitrogen and oxygen atoms in total. The van der Waals surface area contributed by atoms with E-state index >= 15 is 0 Å². The Morgan fingerprint density at radius 1 is 0.935 bits per heavy atom. The van der Waals surface area contributed by atoms with E-state index in [9.17, 15) is 14.9 Å². The highest BCUT2D eigenvalue weighted by Gasteiger charge is 2.43. The molecule has 0 fully saturated rings. The van der Waals surface area contributed by atoms with E-state index in [1.807, 2.05) is 60.7 Å². The summed E-state index contributed by atoms with van der Waals surface area (Å²) in [6.07, 6.45) is 0.425. The fourth-order valence-corrected chi connectivity index (χ4v) is 4.20. The zero-order valence-corrected chi connectivity index (χ0v) is 17.1. The molecule has 2 atom stereocenters.